The molecule has 122 heavy (non-hydrogen) atoms. The molecule has 0 amide bonds. The van der Waals surface area contributed by atoms with E-state index in [2.05, 4.69) is 469 Å². The summed E-state index contributed by atoms with van der Waals surface area (Å²) in [7, 11) is 0. The minimum atomic E-state index is 0.0190. The maximum Gasteiger partial charge on any atom is 0.0641 e. The molecule has 0 spiro atoms. The zero-order chi connectivity index (χ0) is 81.6. The van der Waals surface area contributed by atoms with Crippen LogP contribution in [0.2, 0.25) is 0 Å². The molecule has 18 aromatic carbocycles. The van der Waals surface area contributed by atoms with E-state index >= 15 is 0 Å². The van der Waals surface area contributed by atoms with Crippen molar-refractivity contribution >= 4 is 162 Å². The van der Waals surface area contributed by atoms with E-state index in [1.807, 2.05) is 11.3 Å². The maximum absolute atomic E-state index is 2.45. The summed E-state index contributed by atoms with van der Waals surface area (Å²) in [4.78, 5) is 0. The van der Waals surface area contributed by atoms with Crippen LogP contribution >= 0.6 is 11.3 Å². The Morgan fingerprint density at radius 1 is 0.189 bits per heavy atom. The van der Waals surface area contributed by atoms with Crippen LogP contribution in [0.5, 0.6) is 0 Å². The van der Waals surface area contributed by atoms with Crippen LogP contribution in [0.25, 0.3) is 196 Å². The van der Waals surface area contributed by atoms with E-state index in [9.17, 15) is 0 Å². The third-order valence-electron chi connectivity index (χ3n) is 25.6. The summed E-state index contributed by atoms with van der Waals surface area (Å²) in [5, 5.41) is 18.3. The lowest BCUT2D eigenvalue weighted by molar-refractivity contribution is 0.661. The van der Waals surface area contributed by atoms with E-state index in [1.165, 1.54) is 230 Å². The Morgan fingerprint density at radius 3 is 0.992 bits per heavy atom. The summed E-state index contributed by atoms with van der Waals surface area (Å²) in [6, 6.07) is 145. The highest BCUT2D eigenvalue weighted by Gasteiger charge is 2.36. The van der Waals surface area contributed by atoms with Gasteiger partial charge in [0.05, 0.1) is 66.2 Å². The number of para-hydroxylation sites is 8. The second-order valence-electron chi connectivity index (χ2n) is 33.4. The molecule has 0 atom stereocenters. The van der Waals surface area contributed by atoms with Crippen LogP contribution in [-0.2, 0) is 5.41 Å². The number of thiophene rings is 1. The minimum absolute atomic E-state index is 0.0190. The lowest BCUT2D eigenvalue weighted by Crippen LogP contribution is -2.14. The highest BCUT2D eigenvalue weighted by Crippen LogP contribution is 2.52. The zero-order valence-corrected chi connectivity index (χ0v) is 69.5. The zero-order valence-electron chi connectivity index (χ0n) is 68.7. The predicted octanol–water partition coefficient (Wildman–Crippen LogP) is 31.2. The van der Waals surface area contributed by atoms with Gasteiger partial charge in [-0.05, 0) is 232 Å². The third kappa shape index (κ3) is 11.5. The van der Waals surface area contributed by atoms with E-state index in [1.54, 1.807) is 0 Å². The van der Waals surface area contributed by atoms with Gasteiger partial charge in [0.1, 0.15) is 0 Å². The van der Waals surface area contributed by atoms with Gasteiger partial charge in [0.2, 0.25) is 0 Å². The second kappa shape index (κ2) is 28.6. The highest BCUT2D eigenvalue weighted by atomic mass is 32.1. The smallest absolute Gasteiger partial charge is 0.0641 e. The molecule has 0 fully saturated rings. The summed E-state index contributed by atoms with van der Waals surface area (Å²) in [6.45, 7) is 13.4. The monoisotopic (exact) mass is 1580 g/mol. The number of fused-ring (bicyclic) bond motifs is 25. The Bertz CT molecular complexity index is 8480. The molecule has 580 valence electrons. The third-order valence-corrected chi connectivity index (χ3v) is 26.7. The first-order valence-corrected chi connectivity index (χ1v) is 43.1. The fraction of sp³-hybridized carbons (Fsp3) is 0.0609. The van der Waals surface area contributed by atoms with Gasteiger partial charge in [-0.25, -0.2) is 0 Å². The first kappa shape index (κ1) is 72.2. The number of aromatic nitrogens is 6. The summed E-state index contributed by atoms with van der Waals surface area (Å²) < 4.78 is 17.2. The number of rotatable bonds is 6. The van der Waals surface area contributed by atoms with Gasteiger partial charge in [-0.2, -0.15) is 0 Å². The van der Waals surface area contributed by atoms with Crippen molar-refractivity contribution in [3.05, 3.63) is 434 Å². The lowest BCUT2D eigenvalue weighted by atomic mass is 9.82. The van der Waals surface area contributed by atoms with Crippen LogP contribution in [-0.4, -0.2) is 27.4 Å². The minimum Gasteiger partial charge on any atom is -0.309 e. The summed E-state index contributed by atoms with van der Waals surface area (Å²) in [5.74, 6) is 0. The van der Waals surface area contributed by atoms with Gasteiger partial charge in [-0.15, -0.1) is 11.3 Å². The van der Waals surface area contributed by atoms with Crippen molar-refractivity contribution < 1.29 is 0 Å². The van der Waals surface area contributed by atoms with Crippen LogP contribution in [0.3, 0.4) is 0 Å². The van der Waals surface area contributed by atoms with Gasteiger partial charge in [0.25, 0.3) is 0 Å². The molecule has 0 saturated carbocycles. The average Bonchev–Trinajstić information content (AvgIpc) is 1.54. The average molecular weight is 1580 g/mol. The van der Waals surface area contributed by atoms with Crippen molar-refractivity contribution in [3.8, 4) is 45.3 Å². The molecule has 6 nitrogen and oxygen atoms in total. The fourth-order valence-electron chi connectivity index (χ4n) is 20.1. The predicted molar refractivity (Wildman–Crippen MR) is 521 cm³/mol. The van der Waals surface area contributed by atoms with Crippen LogP contribution < -0.4 is 0 Å². The Labute approximate surface area is 710 Å². The molecule has 7 heterocycles. The molecule has 0 N–H and O–H groups in total. The Hall–Kier alpha value is -15.0. The van der Waals surface area contributed by atoms with Gasteiger partial charge in [0, 0.05) is 124 Å². The van der Waals surface area contributed by atoms with Crippen LogP contribution in [0, 0.1) is 27.7 Å². The number of hydrogen-bond acceptors (Lipinski definition) is 1. The molecular formula is C115H84N6S. The van der Waals surface area contributed by atoms with Crippen molar-refractivity contribution in [2.45, 2.75) is 47.0 Å². The van der Waals surface area contributed by atoms with Gasteiger partial charge < -0.3 is 27.4 Å². The van der Waals surface area contributed by atoms with Gasteiger partial charge >= 0.3 is 0 Å². The quantitative estimate of drug-likeness (QED) is 0.159. The van der Waals surface area contributed by atoms with E-state index in [4.69, 9.17) is 0 Å². The van der Waals surface area contributed by atoms with Gasteiger partial charge in [0.15, 0.2) is 0 Å². The largest absolute Gasteiger partial charge is 0.309 e. The van der Waals surface area contributed by atoms with Crippen LogP contribution in [0.15, 0.2) is 400 Å². The SMILES string of the molecule is Cc1ccc2c(c1)c1cc3c(cc1n2-c1ccccc1)-c1ccccc1C3(C)C.Cc1ccc2c(c1)c1cc3c(cc1n2-c1ccccc1)c1ccccc1n3-c1ccccc1.Cc1ccc2c(c1)c1cc3sc4ccccc4c3cc1n2-c1ccccc1.Cc1ccc2c(c1)c1ccc3c(c4ccccc4n3-c3ccccc3)c1n2-c1ccccc1. The van der Waals surface area contributed by atoms with E-state index in [-0.39, 0.29) is 5.41 Å². The Balaban J connectivity index is 0.0000000947. The van der Waals surface area contributed by atoms with Crippen LogP contribution in [0.1, 0.15) is 47.2 Å². The molecule has 26 rings (SSSR count). The lowest BCUT2D eigenvalue weighted by Gasteiger charge is -2.21. The van der Waals surface area contributed by atoms with Crippen molar-refractivity contribution in [2.75, 3.05) is 0 Å². The molecule has 25 aromatic rings. The van der Waals surface area contributed by atoms with Gasteiger partial charge in [-0.1, -0.05) is 254 Å². The summed E-state index contributed by atoms with van der Waals surface area (Å²) >= 11 is 1.89. The molecular weight excluding hydrogens is 1500 g/mol. The van der Waals surface area contributed by atoms with E-state index in [0.717, 1.165) is 0 Å². The standard InChI is InChI=1S/2C31H22N2.C28H23N.C25H17NS/c1-21-16-18-28-26(20-21)24-17-19-29-30(31(24)33(28)23-12-6-3-7-13-23)25-14-8-9-15-27(25)32(29)22-10-4-2-5-11-22;1-21-16-17-29-25(18-21)27-20-30-26(19-31(27)33(29)23-12-6-3-7-13-23)24-14-8-9-15-28(24)32(30)22-10-4-2-5-11-22;1-18-13-14-26-22(15-18)23-16-25-21(20-11-7-8-12-24(20)28(25,2)3)17-27(23)29(26)19-9-5-4-6-10-19;1-16-11-12-22-19(13-16)20-15-25-21(18-9-5-6-10-24(18)27-25)14-23(20)26(22)17-7-3-2-4-8-17/h2*2-20H,1H3;4-17H,1-3H3;2-15H,1H3. The molecule has 7 heteroatoms. The highest BCUT2D eigenvalue weighted by molar-refractivity contribution is 7.25. The number of benzene rings is 18. The van der Waals surface area contributed by atoms with Crippen molar-refractivity contribution in [1.29, 1.82) is 0 Å². The molecule has 1 aliphatic carbocycles. The molecule has 0 unspecified atom stereocenters. The number of aryl methyl sites for hydroxylation is 4. The van der Waals surface area contributed by atoms with E-state index in [0.29, 0.717) is 0 Å². The van der Waals surface area contributed by atoms with Crippen molar-refractivity contribution in [2.24, 2.45) is 0 Å². The van der Waals surface area contributed by atoms with E-state index < -0.39 is 0 Å². The normalized spacial score (nSPS) is 12.4. The molecule has 7 aromatic heterocycles. The molecule has 0 aliphatic heterocycles. The van der Waals surface area contributed by atoms with Gasteiger partial charge in [-0.3, -0.25) is 0 Å². The maximum atomic E-state index is 2.45. The fourth-order valence-corrected chi connectivity index (χ4v) is 21.2. The van der Waals surface area contributed by atoms with Crippen molar-refractivity contribution in [1.82, 2.24) is 27.4 Å². The number of nitrogens with zero attached hydrogens (tertiary/aromatic N) is 6. The first-order valence-electron chi connectivity index (χ1n) is 42.3. The number of hydrogen-bond donors (Lipinski definition) is 0. The van der Waals surface area contributed by atoms with Crippen molar-refractivity contribution in [3.63, 3.8) is 0 Å². The summed E-state index contributed by atoms with van der Waals surface area (Å²) in [5.41, 5.74) is 32.9. The first-order chi connectivity index (χ1) is 59.9. The topological polar surface area (TPSA) is 29.6 Å². The molecule has 0 radical (unpaired) electrons. The Kier molecular flexibility index (Phi) is 16.9. The van der Waals surface area contributed by atoms with Crippen LogP contribution in [0.4, 0.5) is 0 Å². The second-order valence-corrected chi connectivity index (χ2v) is 34.5. The molecule has 0 saturated heterocycles. The molecule has 0 bridgehead atoms. The molecule has 1 aliphatic rings. The Morgan fingerprint density at radius 2 is 0.508 bits per heavy atom. The summed E-state index contributed by atoms with van der Waals surface area (Å²) in [6.07, 6.45) is 0.